The smallest absolute Gasteiger partial charge is 0.228 e. The molecule has 0 aromatic heterocycles. The average molecular weight is 264 g/mol. The molecule has 18 heavy (non-hydrogen) atoms. The fourth-order valence-corrected chi connectivity index (χ4v) is 3.05. The van der Waals surface area contributed by atoms with E-state index in [0.29, 0.717) is 0 Å². The SMILES string of the molecule is CC(=O)Nc1ccc(NC(=O)C2CCSC2)cc1. The van der Waals surface area contributed by atoms with E-state index in [-0.39, 0.29) is 17.7 Å². The lowest BCUT2D eigenvalue weighted by Gasteiger charge is -2.10. The van der Waals surface area contributed by atoms with Crippen molar-refractivity contribution in [3.05, 3.63) is 24.3 Å². The van der Waals surface area contributed by atoms with Crippen LogP contribution in [-0.4, -0.2) is 23.3 Å². The Morgan fingerprint density at radius 2 is 1.78 bits per heavy atom. The summed E-state index contributed by atoms with van der Waals surface area (Å²) in [4.78, 5) is 22.7. The lowest BCUT2D eigenvalue weighted by molar-refractivity contribution is -0.119. The van der Waals surface area contributed by atoms with Gasteiger partial charge in [-0.1, -0.05) is 0 Å². The number of carbonyl (C=O) groups excluding carboxylic acids is 2. The third kappa shape index (κ3) is 3.50. The van der Waals surface area contributed by atoms with Gasteiger partial charge in [0.2, 0.25) is 11.8 Å². The lowest BCUT2D eigenvalue weighted by atomic mass is 10.1. The molecule has 1 heterocycles. The van der Waals surface area contributed by atoms with E-state index < -0.39 is 0 Å². The van der Waals surface area contributed by atoms with E-state index in [1.165, 1.54) is 6.92 Å². The zero-order valence-corrected chi connectivity index (χ0v) is 11.0. The van der Waals surface area contributed by atoms with Gasteiger partial charge in [0.25, 0.3) is 0 Å². The number of amides is 2. The molecule has 1 unspecified atom stereocenters. The number of thioether (sulfide) groups is 1. The van der Waals surface area contributed by atoms with Gasteiger partial charge in [0.15, 0.2) is 0 Å². The second kappa shape index (κ2) is 5.91. The van der Waals surface area contributed by atoms with Crippen LogP contribution in [0.4, 0.5) is 11.4 Å². The van der Waals surface area contributed by atoms with Crippen LogP contribution < -0.4 is 10.6 Å². The van der Waals surface area contributed by atoms with Crippen LogP contribution in [0.1, 0.15) is 13.3 Å². The summed E-state index contributed by atoms with van der Waals surface area (Å²) in [5, 5.41) is 5.58. The highest BCUT2D eigenvalue weighted by Crippen LogP contribution is 2.25. The summed E-state index contributed by atoms with van der Waals surface area (Å²) < 4.78 is 0. The summed E-state index contributed by atoms with van der Waals surface area (Å²) >= 11 is 1.82. The van der Waals surface area contributed by atoms with E-state index in [9.17, 15) is 9.59 Å². The van der Waals surface area contributed by atoms with Crippen molar-refractivity contribution in [2.75, 3.05) is 22.1 Å². The Labute approximate surface area is 111 Å². The number of hydrogen-bond acceptors (Lipinski definition) is 3. The highest BCUT2D eigenvalue weighted by Gasteiger charge is 2.22. The molecule has 2 amide bonds. The zero-order chi connectivity index (χ0) is 13.0. The Morgan fingerprint density at radius 3 is 2.28 bits per heavy atom. The molecule has 1 aromatic carbocycles. The van der Waals surface area contributed by atoms with Crippen molar-refractivity contribution < 1.29 is 9.59 Å². The minimum atomic E-state index is -0.102. The van der Waals surface area contributed by atoms with Gasteiger partial charge in [0.1, 0.15) is 0 Å². The molecule has 0 radical (unpaired) electrons. The fourth-order valence-electron chi connectivity index (χ4n) is 1.83. The van der Waals surface area contributed by atoms with Crippen molar-refractivity contribution in [2.24, 2.45) is 5.92 Å². The summed E-state index contributed by atoms with van der Waals surface area (Å²) in [6.07, 6.45) is 0.959. The first-order valence-corrected chi connectivity index (χ1v) is 7.07. The van der Waals surface area contributed by atoms with Crippen LogP contribution in [0.3, 0.4) is 0 Å². The lowest BCUT2D eigenvalue weighted by Crippen LogP contribution is -2.22. The third-order valence-corrected chi connectivity index (χ3v) is 3.94. The van der Waals surface area contributed by atoms with E-state index in [1.54, 1.807) is 24.3 Å². The molecule has 4 nitrogen and oxygen atoms in total. The van der Waals surface area contributed by atoms with Crippen LogP contribution in [0.5, 0.6) is 0 Å². The molecule has 2 N–H and O–H groups in total. The molecule has 96 valence electrons. The minimum Gasteiger partial charge on any atom is -0.326 e. The van der Waals surface area contributed by atoms with Gasteiger partial charge in [-0.3, -0.25) is 9.59 Å². The van der Waals surface area contributed by atoms with E-state index >= 15 is 0 Å². The van der Waals surface area contributed by atoms with Gasteiger partial charge in [-0.2, -0.15) is 11.8 Å². The molecule has 1 aliphatic heterocycles. The molecule has 1 aliphatic rings. The Hall–Kier alpha value is -1.49. The molecule has 0 spiro atoms. The van der Waals surface area contributed by atoms with Gasteiger partial charge in [-0.25, -0.2) is 0 Å². The van der Waals surface area contributed by atoms with Gasteiger partial charge in [-0.05, 0) is 36.4 Å². The molecule has 0 saturated carbocycles. The van der Waals surface area contributed by atoms with Crippen molar-refractivity contribution in [1.82, 2.24) is 0 Å². The van der Waals surface area contributed by atoms with Crippen LogP contribution in [0.25, 0.3) is 0 Å². The van der Waals surface area contributed by atoms with Gasteiger partial charge >= 0.3 is 0 Å². The van der Waals surface area contributed by atoms with Gasteiger partial charge < -0.3 is 10.6 Å². The first-order valence-electron chi connectivity index (χ1n) is 5.91. The third-order valence-electron chi connectivity index (χ3n) is 2.77. The number of rotatable bonds is 3. The molecule has 1 fully saturated rings. The summed E-state index contributed by atoms with van der Waals surface area (Å²) in [6, 6.07) is 7.15. The van der Waals surface area contributed by atoms with E-state index in [0.717, 1.165) is 29.3 Å². The van der Waals surface area contributed by atoms with Crippen LogP contribution in [0.2, 0.25) is 0 Å². The zero-order valence-electron chi connectivity index (χ0n) is 10.2. The standard InChI is InChI=1S/C13H16N2O2S/c1-9(16)14-11-2-4-12(5-3-11)15-13(17)10-6-7-18-8-10/h2-5,10H,6-8H2,1H3,(H,14,16)(H,15,17). The first-order chi connectivity index (χ1) is 8.65. The van der Waals surface area contributed by atoms with Crippen molar-refractivity contribution in [1.29, 1.82) is 0 Å². The van der Waals surface area contributed by atoms with Crippen molar-refractivity contribution in [2.45, 2.75) is 13.3 Å². The quantitative estimate of drug-likeness (QED) is 0.881. The maximum absolute atomic E-state index is 11.9. The number of nitrogens with one attached hydrogen (secondary N) is 2. The predicted molar refractivity (Wildman–Crippen MR) is 74.8 cm³/mol. The summed E-state index contributed by atoms with van der Waals surface area (Å²) in [5.41, 5.74) is 1.50. The second-order valence-electron chi connectivity index (χ2n) is 4.31. The topological polar surface area (TPSA) is 58.2 Å². The summed E-state index contributed by atoms with van der Waals surface area (Å²) in [7, 11) is 0. The van der Waals surface area contributed by atoms with Crippen LogP contribution in [-0.2, 0) is 9.59 Å². The van der Waals surface area contributed by atoms with Gasteiger partial charge in [0.05, 0.1) is 0 Å². The number of hydrogen-bond donors (Lipinski definition) is 2. The molecule has 0 bridgehead atoms. The molecular formula is C13H16N2O2S. The number of carbonyl (C=O) groups is 2. The predicted octanol–water partition coefficient (Wildman–Crippen LogP) is 2.34. The summed E-state index contributed by atoms with van der Waals surface area (Å²) in [6.45, 7) is 1.47. The second-order valence-corrected chi connectivity index (χ2v) is 5.46. The Bertz CT molecular complexity index is 439. The summed E-state index contributed by atoms with van der Waals surface area (Å²) in [5.74, 6) is 2.10. The highest BCUT2D eigenvalue weighted by atomic mass is 32.2. The molecule has 0 aliphatic carbocycles. The monoisotopic (exact) mass is 264 g/mol. The molecule has 2 rings (SSSR count). The van der Waals surface area contributed by atoms with Crippen LogP contribution >= 0.6 is 11.8 Å². The van der Waals surface area contributed by atoms with E-state index in [2.05, 4.69) is 10.6 Å². The highest BCUT2D eigenvalue weighted by molar-refractivity contribution is 7.99. The minimum absolute atomic E-state index is 0.0901. The maximum atomic E-state index is 11.9. The Kier molecular flexibility index (Phi) is 4.25. The molecule has 1 aromatic rings. The van der Waals surface area contributed by atoms with E-state index in [4.69, 9.17) is 0 Å². The maximum Gasteiger partial charge on any atom is 0.228 e. The van der Waals surface area contributed by atoms with Gasteiger partial charge in [0, 0.05) is 30.0 Å². The van der Waals surface area contributed by atoms with Crippen LogP contribution in [0, 0.1) is 5.92 Å². The first kappa shape index (κ1) is 13.0. The largest absolute Gasteiger partial charge is 0.326 e. The molecule has 5 heteroatoms. The number of anilines is 2. The Balaban J connectivity index is 1.93. The van der Waals surface area contributed by atoms with Gasteiger partial charge in [-0.15, -0.1) is 0 Å². The number of benzene rings is 1. The Morgan fingerprint density at radius 1 is 1.17 bits per heavy atom. The fraction of sp³-hybridized carbons (Fsp3) is 0.385. The molecular weight excluding hydrogens is 248 g/mol. The van der Waals surface area contributed by atoms with Crippen molar-refractivity contribution in [3.63, 3.8) is 0 Å². The average Bonchev–Trinajstić information content (AvgIpc) is 2.84. The van der Waals surface area contributed by atoms with E-state index in [1.807, 2.05) is 11.8 Å². The normalized spacial score (nSPS) is 18.4. The molecule has 1 saturated heterocycles. The van der Waals surface area contributed by atoms with Crippen LogP contribution in [0.15, 0.2) is 24.3 Å². The molecule has 1 atom stereocenters. The van der Waals surface area contributed by atoms with Crippen molar-refractivity contribution >= 4 is 35.0 Å². The van der Waals surface area contributed by atoms with Crippen molar-refractivity contribution in [3.8, 4) is 0 Å².